The first kappa shape index (κ1) is 13.2. The molecule has 0 atom stereocenters. The van der Waals surface area contributed by atoms with Crippen LogP contribution in [0.4, 0.5) is 5.69 Å². The average molecular weight is 258 g/mol. The van der Waals surface area contributed by atoms with E-state index in [1.807, 2.05) is 32.0 Å². The summed E-state index contributed by atoms with van der Waals surface area (Å²) in [5.74, 6) is 1.58. The molecule has 1 aromatic heterocycles. The first-order valence-corrected chi connectivity index (χ1v) is 6.14. The van der Waals surface area contributed by atoms with E-state index in [1.54, 1.807) is 24.1 Å². The van der Waals surface area contributed by atoms with Gasteiger partial charge < -0.3 is 15.1 Å². The van der Waals surface area contributed by atoms with Gasteiger partial charge in [0.05, 0.1) is 6.54 Å². The summed E-state index contributed by atoms with van der Waals surface area (Å²) in [4.78, 5) is 13.9. The topological polar surface area (TPSA) is 59.5 Å². The van der Waals surface area contributed by atoms with Gasteiger partial charge in [0.1, 0.15) is 11.5 Å². The largest absolute Gasteiger partial charge is 0.464 e. The lowest BCUT2D eigenvalue weighted by atomic mass is 10.1. The molecular formula is C15H18N2O2. The summed E-state index contributed by atoms with van der Waals surface area (Å²) >= 11 is 0. The number of benzene rings is 1. The molecule has 19 heavy (non-hydrogen) atoms. The number of carbonyl (C=O) groups excluding carboxylic acids is 1. The summed E-state index contributed by atoms with van der Waals surface area (Å²) in [5.41, 5.74) is 7.99. The van der Waals surface area contributed by atoms with Crippen molar-refractivity contribution in [1.82, 2.24) is 4.90 Å². The second-order valence-electron chi connectivity index (χ2n) is 4.74. The predicted octanol–water partition coefficient (Wildman–Crippen LogP) is 2.75. The minimum atomic E-state index is -0.0443. The van der Waals surface area contributed by atoms with Crippen molar-refractivity contribution in [3.8, 4) is 0 Å². The van der Waals surface area contributed by atoms with Crippen LogP contribution >= 0.6 is 0 Å². The van der Waals surface area contributed by atoms with Crippen LogP contribution in [-0.2, 0) is 6.54 Å². The highest BCUT2D eigenvalue weighted by Crippen LogP contribution is 2.15. The maximum atomic E-state index is 12.3. The standard InChI is InChI=1S/C15H18N2O2/c1-10-8-12(5-7-14(10)16)15(18)17(3)9-13-6-4-11(2)19-13/h4-8H,9,16H2,1-3H3. The number of aryl methyl sites for hydroxylation is 2. The van der Waals surface area contributed by atoms with Crippen molar-refractivity contribution in [2.45, 2.75) is 20.4 Å². The smallest absolute Gasteiger partial charge is 0.254 e. The Bertz CT molecular complexity index is 602. The van der Waals surface area contributed by atoms with Crippen LogP contribution in [0.15, 0.2) is 34.7 Å². The van der Waals surface area contributed by atoms with Crippen LogP contribution in [0.2, 0.25) is 0 Å². The van der Waals surface area contributed by atoms with Gasteiger partial charge in [-0.2, -0.15) is 0 Å². The third-order valence-electron chi connectivity index (χ3n) is 3.05. The van der Waals surface area contributed by atoms with Crippen LogP contribution in [0.3, 0.4) is 0 Å². The number of furan rings is 1. The summed E-state index contributed by atoms with van der Waals surface area (Å²) in [6.07, 6.45) is 0. The average Bonchev–Trinajstić information content (AvgIpc) is 2.77. The SMILES string of the molecule is Cc1ccc(CN(C)C(=O)c2ccc(N)c(C)c2)o1. The zero-order valence-electron chi connectivity index (χ0n) is 11.4. The summed E-state index contributed by atoms with van der Waals surface area (Å²) in [6.45, 7) is 4.23. The Labute approximate surface area is 112 Å². The lowest BCUT2D eigenvalue weighted by Crippen LogP contribution is -2.26. The first-order valence-electron chi connectivity index (χ1n) is 6.14. The van der Waals surface area contributed by atoms with Crippen LogP contribution in [0.1, 0.15) is 27.4 Å². The number of nitrogens with zero attached hydrogens (tertiary/aromatic N) is 1. The van der Waals surface area contributed by atoms with Gasteiger partial charge in [0, 0.05) is 18.3 Å². The summed E-state index contributed by atoms with van der Waals surface area (Å²) in [7, 11) is 1.76. The Kier molecular flexibility index (Phi) is 3.60. The first-order chi connectivity index (χ1) is 8.97. The van der Waals surface area contributed by atoms with Gasteiger partial charge in [-0.15, -0.1) is 0 Å². The number of rotatable bonds is 3. The Morgan fingerprint density at radius 3 is 2.58 bits per heavy atom. The van der Waals surface area contributed by atoms with Crippen LogP contribution in [0, 0.1) is 13.8 Å². The van der Waals surface area contributed by atoms with Crippen LogP contribution < -0.4 is 5.73 Å². The lowest BCUT2D eigenvalue weighted by Gasteiger charge is -2.16. The zero-order chi connectivity index (χ0) is 14.0. The Balaban J connectivity index is 2.12. The van der Waals surface area contributed by atoms with Crippen molar-refractivity contribution in [3.63, 3.8) is 0 Å². The van der Waals surface area contributed by atoms with E-state index >= 15 is 0 Å². The molecule has 1 heterocycles. The van der Waals surface area contributed by atoms with Crippen LogP contribution in [0.5, 0.6) is 0 Å². The fraction of sp³-hybridized carbons (Fsp3) is 0.267. The van der Waals surface area contributed by atoms with Gasteiger partial charge in [0.2, 0.25) is 0 Å². The Morgan fingerprint density at radius 1 is 1.26 bits per heavy atom. The molecule has 1 aromatic carbocycles. The van der Waals surface area contributed by atoms with Crippen LogP contribution in [0.25, 0.3) is 0 Å². The fourth-order valence-corrected chi connectivity index (χ4v) is 1.90. The second kappa shape index (κ2) is 5.18. The quantitative estimate of drug-likeness (QED) is 0.861. The molecule has 0 fully saturated rings. The number of hydrogen-bond donors (Lipinski definition) is 1. The van der Waals surface area contributed by atoms with Gasteiger partial charge in [-0.05, 0) is 49.7 Å². The highest BCUT2D eigenvalue weighted by Gasteiger charge is 2.14. The van der Waals surface area contributed by atoms with Gasteiger partial charge >= 0.3 is 0 Å². The number of nitrogens with two attached hydrogens (primary N) is 1. The molecule has 4 nitrogen and oxygen atoms in total. The molecule has 0 radical (unpaired) electrons. The van der Waals surface area contributed by atoms with E-state index < -0.39 is 0 Å². The maximum Gasteiger partial charge on any atom is 0.254 e. The van der Waals surface area contributed by atoms with E-state index in [0.29, 0.717) is 17.8 Å². The molecule has 1 amide bonds. The molecule has 100 valence electrons. The van der Waals surface area contributed by atoms with E-state index in [2.05, 4.69) is 0 Å². The summed E-state index contributed by atoms with van der Waals surface area (Å²) < 4.78 is 5.47. The molecule has 0 saturated carbocycles. The molecule has 4 heteroatoms. The maximum absolute atomic E-state index is 12.3. The molecule has 0 spiro atoms. The van der Waals surface area contributed by atoms with E-state index in [0.717, 1.165) is 17.1 Å². The highest BCUT2D eigenvalue weighted by atomic mass is 16.3. The van der Waals surface area contributed by atoms with Gasteiger partial charge in [-0.1, -0.05) is 0 Å². The highest BCUT2D eigenvalue weighted by molar-refractivity contribution is 5.94. The molecule has 2 N–H and O–H groups in total. The van der Waals surface area contributed by atoms with Crippen molar-refractivity contribution in [2.75, 3.05) is 12.8 Å². The van der Waals surface area contributed by atoms with Gasteiger partial charge in [0.25, 0.3) is 5.91 Å². The minimum absolute atomic E-state index is 0.0443. The molecule has 0 unspecified atom stereocenters. The zero-order valence-corrected chi connectivity index (χ0v) is 11.4. The molecular weight excluding hydrogens is 240 g/mol. The molecule has 0 aliphatic rings. The van der Waals surface area contributed by atoms with Crippen molar-refractivity contribution in [1.29, 1.82) is 0 Å². The van der Waals surface area contributed by atoms with Gasteiger partial charge in [-0.25, -0.2) is 0 Å². The fourth-order valence-electron chi connectivity index (χ4n) is 1.90. The molecule has 2 aromatic rings. The van der Waals surface area contributed by atoms with Gasteiger partial charge in [0.15, 0.2) is 0 Å². The lowest BCUT2D eigenvalue weighted by molar-refractivity contribution is 0.0775. The van der Waals surface area contributed by atoms with E-state index in [4.69, 9.17) is 10.2 Å². The summed E-state index contributed by atoms with van der Waals surface area (Å²) in [5, 5.41) is 0. The van der Waals surface area contributed by atoms with Crippen molar-refractivity contribution in [2.24, 2.45) is 0 Å². The van der Waals surface area contributed by atoms with Gasteiger partial charge in [-0.3, -0.25) is 4.79 Å². The monoisotopic (exact) mass is 258 g/mol. The predicted molar refractivity (Wildman–Crippen MR) is 74.8 cm³/mol. The number of amides is 1. The second-order valence-corrected chi connectivity index (χ2v) is 4.74. The molecule has 0 bridgehead atoms. The van der Waals surface area contributed by atoms with E-state index in [-0.39, 0.29) is 5.91 Å². The summed E-state index contributed by atoms with van der Waals surface area (Å²) in [6, 6.07) is 9.08. The third-order valence-corrected chi connectivity index (χ3v) is 3.05. The molecule has 0 aliphatic carbocycles. The Hall–Kier alpha value is -2.23. The molecule has 0 aliphatic heterocycles. The van der Waals surface area contributed by atoms with Crippen molar-refractivity contribution in [3.05, 3.63) is 53.0 Å². The van der Waals surface area contributed by atoms with Crippen molar-refractivity contribution >= 4 is 11.6 Å². The third kappa shape index (κ3) is 2.96. The van der Waals surface area contributed by atoms with E-state index in [9.17, 15) is 4.79 Å². The van der Waals surface area contributed by atoms with E-state index in [1.165, 1.54) is 0 Å². The number of anilines is 1. The minimum Gasteiger partial charge on any atom is -0.464 e. The number of nitrogen functional groups attached to an aromatic ring is 1. The normalized spacial score (nSPS) is 10.5. The van der Waals surface area contributed by atoms with Crippen molar-refractivity contribution < 1.29 is 9.21 Å². The molecule has 2 rings (SSSR count). The number of carbonyl (C=O) groups is 1. The Morgan fingerprint density at radius 2 is 2.00 bits per heavy atom. The molecule has 0 saturated heterocycles. The van der Waals surface area contributed by atoms with Crippen LogP contribution in [-0.4, -0.2) is 17.9 Å². The number of hydrogen-bond acceptors (Lipinski definition) is 3.